The van der Waals surface area contributed by atoms with Crippen LogP contribution in [0.1, 0.15) is 30.4 Å². The van der Waals surface area contributed by atoms with Gasteiger partial charge in [0.1, 0.15) is 0 Å². The number of benzene rings is 3. The summed E-state index contributed by atoms with van der Waals surface area (Å²) in [6.45, 7) is 0.492. The maximum Gasteiger partial charge on any atom is 0.305 e. The van der Waals surface area contributed by atoms with Crippen LogP contribution in [0.3, 0.4) is 0 Å². The number of carboxylic acid groups (broad SMARTS) is 1. The quantitative estimate of drug-likeness (QED) is 0.143. The monoisotopic (exact) mass is 616 g/mol. The number of carboxylic acids is 1. The highest BCUT2D eigenvalue weighted by atomic mass is 16.4. The highest BCUT2D eigenvalue weighted by molar-refractivity contribution is 5.89. The predicted octanol–water partition coefficient (Wildman–Crippen LogP) is 2.75. The van der Waals surface area contributed by atoms with E-state index in [9.17, 15) is 24.3 Å². The summed E-state index contributed by atoms with van der Waals surface area (Å²) in [6.07, 6.45) is 2.07. The van der Waals surface area contributed by atoms with Crippen molar-refractivity contribution >= 4 is 23.7 Å². The fourth-order valence-electron chi connectivity index (χ4n) is 4.71. The van der Waals surface area contributed by atoms with Crippen molar-refractivity contribution in [3.8, 4) is 11.1 Å². The molecule has 3 rings (SSSR count). The first kappa shape index (κ1) is 34.9. The third kappa shape index (κ3) is 13.3. The van der Waals surface area contributed by atoms with Gasteiger partial charge in [-0.25, -0.2) is 0 Å². The van der Waals surface area contributed by atoms with Gasteiger partial charge in [-0.05, 0) is 54.5 Å². The van der Waals surface area contributed by atoms with E-state index in [1.54, 1.807) is 0 Å². The average molecular weight is 617 g/mol. The number of aliphatic carboxylic acids is 1. The van der Waals surface area contributed by atoms with Crippen LogP contribution in [-0.2, 0) is 32.0 Å². The summed E-state index contributed by atoms with van der Waals surface area (Å²) in [4.78, 5) is 53.3. The number of carbonyl (C=O) groups excluding carboxylic acids is 3. The van der Waals surface area contributed by atoms with Crippen molar-refractivity contribution in [3.05, 3.63) is 96.1 Å². The third-order valence-corrected chi connectivity index (χ3v) is 7.31. The van der Waals surface area contributed by atoms with E-state index in [4.69, 9.17) is 5.11 Å². The zero-order chi connectivity index (χ0) is 32.3. The Bertz CT molecular complexity index is 1340. The normalized spacial score (nSPS) is 10.7. The largest absolute Gasteiger partial charge is 0.481 e. The van der Waals surface area contributed by atoms with E-state index in [0.717, 1.165) is 28.7 Å². The van der Waals surface area contributed by atoms with E-state index in [2.05, 4.69) is 10.6 Å². The number of amides is 3. The molecule has 0 unspecified atom stereocenters. The number of rotatable bonds is 20. The van der Waals surface area contributed by atoms with E-state index in [0.29, 0.717) is 32.4 Å². The van der Waals surface area contributed by atoms with Gasteiger partial charge in [0, 0.05) is 26.2 Å². The summed E-state index contributed by atoms with van der Waals surface area (Å²) in [6, 6.07) is 27.8. The third-order valence-electron chi connectivity index (χ3n) is 7.31. The van der Waals surface area contributed by atoms with Crippen LogP contribution in [0.25, 0.3) is 11.1 Å². The Hall–Kier alpha value is -4.54. The molecular weight excluding hydrogens is 572 g/mol. The fraction of sp³-hybridized carbons (Fsp3) is 0.371. The molecule has 0 aliphatic rings. The molecule has 0 saturated heterocycles. The lowest BCUT2D eigenvalue weighted by Crippen LogP contribution is -2.49. The van der Waals surface area contributed by atoms with Gasteiger partial charge >= 0.3 is 5.97 Å². The molecule has 3 aromatic carbocycles. The number of nitrogens with one attached hydrogen (secondary N) is 2. The predicted molar refractivity (Wildman–Crippen MR) is 173 cm³/mol. The average Bonchev–Trinajstić information content (AvgIpc) is 3.06. The highest BCUT2D eigenvalue weighted by Gasteiger charge is 2.23. The Morgan fingerprint density at radius 1 is 0.644 bits per heavy atom. The number of carbonyl (C=O) groups is 4. The molecule has 0 spiro atoms. The van der Waals surface area contributed by atoms with Crippen LogP contribution in [0.4, 0.5) is 0 Å². The zero-order valence-corrected chi connectivity index (χ0v) is 25.7. The number of nitrogens with zero attached hydrogens (tertiary/aromatic N) is 2. The molecule has 3 aromatic rings. The number of unbranched alkanes of at least 4 members (excludes halogenated alkanes) is 1. The van der Waals surface area contributed by atoms with Gasteiger partial charge in [-0.1, -0.05) is 84.9 Å². The van der Waals surface area contributed by atoms with Crippen LogP contribution in [0, 0.1) is 0 Å². The lowest BCUT2D eigenvalue weighted by molar-refractivity contribution is -0.143. The maximum atomic E-state index is 13.5. The van der Waals surface area contributed by atoms with Crippen molar-refractivity contribution in [1.29, 1.82) is 0 Å². The molecule has 0 bridgehead atoms. The van der Waals surface area contributed by atoms with Gasteiger partial charge in [0.15, 0.2) is 0 Å². The summed E-state index contributed by atoms with van der Waals surface area (Å²) in [5.41, 5.74) is 4.27. The second kappa shape index (κ2) is 19.7. The topological polar surface area (TPSA) is 139 Å². The Labute approximate surface area is 265 Å². The summed E-state index contributed by atoms with van der Waals surface area (Å²) in [7, 11) is 0. The molecule has 0 aliphatic heterocycles. The Kier molecular flexibility index (Phi) is 15.3. The van der Waals surface area contributed by atoms with Crippen LogP contribution >= 0.6 is 0 Å². The highest BCUT2D eigenvalue weighted by Crippen LogP contribution is 2.19. The molecule has 0 aromatic heterocycles. The van der Waals surface area contributed by atoms with Gasteiger partial charge < -0.3 is 30.6 Å². The van der Waals surface area contributed by atoms with Gasteiger partial charge in [0.2, 0.25) is 17.7 Å². The van der Waals surface area contributed by atoms with Crippen LogP contribution in [-0.4, -0.2) is 96.1 Å². The van der Waals surface area contributed by atoms with Crippen molar-refractivity contribution in [1.82, 2.24) is 20.4 Å². The van der Waals surface area contributed by atoms with Crippen LogP contribution in [0.15, 0.2) is 84.9 Å². The summed E-state index contributed by atoms with van der Waals surface area (Å²) in [5.74, 6) is -2.24. The molecule has 3 amide bonds. The van der Waals surface area contributed by atoms with E-state index in [1.807, 2.05) is 84.9 Å². The Morgan fingerprint density at radius 2 is 1.27 bits per heavy atom. The first-order chi connectivity index (χ1) is 21.9. The molecule has 45 heavy (non-hydrogen) atoms. The molecule has 0 heterocycles. The fourth-order valence-corrected chi connectivity index (χ4v) is 4.71. The van der Waals surface area contributed by atoms with Crippen LogP contribution in [0.2, 0.25) is 0 Å². The summed E-state index contributed by atoms with van der Waals surface area (Å²) >= 11 is 0. The molecule has 0 aliphatic carbocycles. The lowest BCUT2D eigenvalue weighted by atomic mass is 10.0. The minimum absolute atomic E-state index is 0.0326. The van der Waals surface area contributed by atoms with Gasteiger partial charge in [-0.3, -0.25) is 19.2 Å². The van der Waals surface area contributed by atoms with Gasteiger partial charge in [0.05, 0.1) is 26.1 Å². The second-order valence-electron chi connectivity index (χ2n) is 10.8. The van der Waals surface area contributed by atoms with E-state index in [-0.39, 0.29) is 57.6 Å². The number of aliphatic hydroxyl groups is 1. The van der Waals surface area contributed by atoms with E-state index in [1.165, 1.54) is 9.80 Å². The minimum atomic E-state index is -1.07. The number of hydrogen-bond donors (Lipinski definition) is 4. The Morgan fingerprint density at radius 3 is 1.93 bits per heavy atom. The molecule has 0 radical (unpaired) electrons. The molecule has 4 N–H and O–H groups in total. The summed E-state index contributed by atoms with van der Waals surface area (Å²) in [5, 5.41) is 24.1. The molecule has 10 heteroatoms. The smallest absolute Gasteiger partial charge is 0.305 e. The standard InChI is InChI=1S/C35H44N4O6/c40-24-8-7-20-37-32(41)26-38(22-18-29-13-15-31(16-14-29)30-11-5-2-6-12-30)34(43)27-39(23-19-35(44)45)33(42)25-36-21-17-28-9-3-1-4-10-28/h1-6,9-16,36,40H,7-8,17-27H2,(H,37,41)(H,44,45). The van der Waals surface area contributed by atoms with Gasteiger partial charge in [-0.15, -0.1) is 0 Å². The van der Waals surface area contributed by atoms with Crippen LogP contribution in [0.5, 0.6) is 0 Å². The number of hydrogen-bond acceptors (Lipinski definition) is 6. The first-order valence-corrected chi connectivity index (χ1v) is 15.4. The molecule has 0 atom stereocenters. The van der Waals surface area contributed by atoms with Crippen molar-refractivity contribution in [2.24, 2.45) is 0 Å². The van der Waals surface area contributed by atoms with E-state index < -0.39 is 11.9 Å². The van der Waals surface area contributed by atoms with Gasteiger partial charge in [-0.2, -0.15) is 0 Å². The van der Waals surface area contributed by atoms with Crippen LogP contribution < -0.4 is 10.6 Å². The van der Waals surface area contributed by atoms with Gasteiger partial charge in [0.25, 0.3) is 0 Å². The van der Waals surface area contributed by atoms with Crippen molar-refractivity contribution in [2.45, 2.75) is 32.1 Å². The minimum Gasteiger partial charge on any atom is -0.481 e. The van der Waals surface area contributed by atoms with Crippen molar-refractivity contribution in [3.63, 3.8) is 0 Å². The SMILES string of the molecule is O=C(O)CCN(CC(=O)N(CCc1ccc(-c2ccccc2)cc1)CC(=O)NCCCCO)C(=O)CNCCc1ccccc1. The molecule has 10 nitrogen and oxygen atoms in total. The first-order valence-electron chi connectivity index (χ1n) is 15.4. The van der Waals surface area contributed by atoms with E-state index >= 15 is 0 Å². The number of aliphatic hydroxyl groups excluding tert-OH is 1. The van der Waals surface area contributed by atoms with Crippen molar-refractivity contribution < 1.29 is 29.4 Å². The maximum absolute atomic E-state index is 13.5. The Balaban J connectivity index is 1.64. The molecule has 240 valence electrons. The lowest BCUT2D eigenvalue weighted by Gasteiger charge is -2.27. The molecular formula is C35H44N4O6. The van der Waals surface area contributed by atoms with Crippen molar-refractivity contribution in [2.75, 3.05) is 52.4 Å². The molecule has 0 saturated carbocycles. The second-order valence-corrected chi connectivity index (χ2v) is 10.8. The molecule has 0 fully saturated rings. The summed E-state index contributed by atoms with van der Waals surface area (Å²) < 4.78 is 0. The zero-order valence-electron chi connectivity index (χ0n) is 25.7.